The van der Waals surface area contributed by atoms with Gasteiger partial charge in [-0.05, 0) is 37.5 Å². The second-order valence-corrected chi connectivity index (χ2v) is 8.92. The number of nitrogens with zero attached hydrogens (tertiary/aromatic N) is 2. The van der Waals surface area contributed by atoms with Crippen molar-refractivity contribution in [1.82, 2.24) is 4.31 Å². The highest BCUT2D eigenvalue weighted by molar-refractivity contribution is 7.89. The van der Waals surface area contributed by atoms with Crippen LogP contribution in [-0.2, 0) is 10.0 Å². The van der Waals surface area contributed by atoms with Crippen molar-refractivity contribution in [3.63, 3.8) is 0 Å². The lowest BCUT2D eigenvalue weighted by Crippen LogP contribution is -2.41. The van der Waals surface area contributed by atoms with Gasteiger partial charge >= 0.3 is 0 Å². The molecule has 3 rings (SSSR count). The molecule has 0 saturated carbocycles. The zero-order chi connectivity index (χ0) is 18.9. The monoisotopic (exact) mass is 394 g/mol. The molecule has 1 aliphatic rings. The number of piperidine rings is 1. The lowest BCUT2D eigenvalue weighted by Gasteiger charge is -2.37. The molecule has 0 unspecified atom stereocenters. The average Bonchev–Trinajstić information content (AvgIpc) is 2.62. The highest BCUT2D eigenvalue weighted by atomic mass is 35.5. The maximum atomic E-state index is 13.1. The third kappa shape index (κ3) is 3.75. The van der Waals surface area contributed by atoms with Gasteiger partial charge in [0.15, 0.2) is 0 Å². The first kappa shape index (κ1) is 18.8. The molecule has 138 valence electrons. The number of rotatable bonds is 4. The SMILES string of the molecule is Cc1ccc(S(=O)(=O)N2CC[C@@H](Cl)C[C@@H]2c2ccc([N+](=O)[O-])cc2)cc1. The number of nitro benzene ring substituents is 1. The number of alkyl halides is 1. The maximum absolute atomic E-state index is 13.1. The van der Waals surface area contributed by atoms with Gasteiger partial charge in [-0.3, -0.25) is 10.1 Å². The van der Waals surface area contributed by atoms with Crippen LogP contribution in [0.2, 0.25) is 0 Å². The molecule has 0 bridgehead atoms. The van der Waals surface area contributed by atoms with Crippen molar-refractivity contribution < 1.29 is 13.3 Å². The normalized spacial score (nSPS) is 21.5. The van der Waals surface area contributed by atoms with E-state index in [1.165, 1.54) is 16.4 Å². The first-order valence-electron chi connectivity index (χ1n) is 8.26. The molecule has 0 aliphatic carbocycles. The molecule has 8 heteroatoms. The third-order valence-corrected chi connectivity index (χ3v) is 6.92. The fourth-order valence-electron chi connectivity index (χ4n) is 3.15. The predicted octanol–water partition coefficient (Wildman–Crippen LogP) is 4.04. The van der Waals surface area contributed by atoms with Crippen LogP contribution in [0.25, 0.3) is 0 Å². The van der Waals surface area contributed by atoms with Gasteiger partial charge in [0.25, 0.3) is 5.69 Å². The van der Waals surface area contributed by atoms with E-state index in [0.29, 0.717) is 24.9 Å². The minimum absolute atomic E-state index is 0.0278. The molecule has 0 radical (unpaired) electrons. The van der Waals surface area contributed by atoms with Crippen LogP contribution in [-0.4, -0.2) is 29.6 Å². The van der Waals surface area contributed by atoms with E-state index in [1.54, 1.807) is 36.4 Å². The van der Waals surface area contributed by atoms with E-state index in [0.717, 1.165) is 5.56 Å². The summed E-state index contributed by atoms with van der Waals surface area (Å²) in [5.41, 5.74) is 1.66. The van der Waals surface area contributed by atoms with E-state index in [-0.39, 0.29) is 16.0 Å². The van der Waals surface area contributed by atoms with Gasteiger partial charge in [0.05, 0.1) is 15.9 Å². The third-order valence-electron chi connectivity index (χ3n) is 4.61. The topological polar surface area (TPSA) is 80.5 Å². The van der Waals surface area contributed by atoms with Gasteiger partial charge in [0, 0.05) is 24.1 Å². The maximum Gasteiger partial charge on any atom is 0.269 e. The largest absolute Gasteiger partial charge is 0.269 e. The van der Waals surface area contributed by atoms with Gasteiger partial charge in [0.1, 0.15) is 0 Å². The lowest BCUT2D eigenvalue weighted by atomic mass is 9.97. The molecule has 1 fully saturated rings. The minimum atomic E-state index is -3.69. The Morgan fingerprint density at radius 1 is 1.12 bits per heavy atom. The number of hydrogen-bond donors (Lipinski definition) is 0. The van der Waals surface area contributed by atoms with Crippen LogP contribution in [0.3, 0.4) is 0 Å². The Balaban J connectivity index is 1.98. The Kier molecular flexibility index (Phi) is 5.32. The molecular weight excluding hydrogens is 376 g/mol. The fourth-order valence-corrected chi connectivity index (χ4v) is 5.06. The molecule has 0 aromatic heterocycles. The molecule has 1 saturated heterocycles. The molecule has 0 spiro atoms. The quantitative estimate of drug-likeness (QED) is 0.445. The zero-order valence-electron chi connectivity index (χ0n) is 14.2. The van der Waals surface area contributed by atoms with Crippen LogP contribution in [0.15, 0.2) is 53.4 Å². The highest BCUT2D eigenvalue weighted by Gasteiger charge is 2.37. The van der Waals surface area contributed by atoms with Crippen LogP contribution in [0.4, 0.5) is 5.69 Å². The lowest BCUT2D eigenvalue weighted by molar-refractivity contribution is -0.384. The first-order valence-corrected chi connectivity index (χ1v) is 10.1. The van der Waals surface area contributed by atoms with Gasteiger partial charge in [-0.15, -0.1) is 11.6 Å². The van der Waals surface area contributed by atoms with Gasteiger partial charge in [-0.1, -0.05) is 29.8 Å². The summed E-state index contributed by atoms with van der Waals surface area (Å²) < 4.78 is 27.7. The van der Waals surface area contributed by atoms with Crippen molar-refractivity contribution in [3.8, 4) is 0 Å². The average molecular weight is 395 g/mol. The van der Waals surface area contributed by atoms with Crippen molar-refractivity contribution in [2.45, 2.75) is 36.1 Å². The van der Waals surface area contributed by atoms with E-state index in [9.17, 15) is 18.5 Å². The summed E-state index contributed by atoms with van der Waals surface area (Å²) in [6, 6.07) is 12.3. The molecular formula is C18H19ClN2O4S. The van der Waals surface area contributed by atoms with Gasteiger partial charge in [0.2, 0.25) is 10.0 Å². The number of aryl methyl sites for hydroxylation is 1. The summed E-state index contributed by atoms with van der Waals surface area (Å²) in [5, 5.41) is 10.7. The molecule has 1 aliphatic heterocycles. The number of sulfonamides is 1. The molecule has 2 aromatic rings. The van der Waals surface area contributed by atoms with E-state index < -0.39 is 21.0 Å². The minimum Gasteiger partial charge on any atom is -0.258 e. The molecule has 26 heavy (non-hydrogen) atoms. The van der Waals surface area contributed by atoms with Crippen LogP contribution in [0.5, 0.6) is 0 Å². The number of benzene rings is 2. The molecule has 6 nitrogen and oxygen atoms in total. The number of halogens is 1. The Morgan fingerprint density at radius 2 is 1.73 bits per heavy atom. The van der Waals surface area contributed by atoms with Crippen LogP contribution in [0, 0.1) is 17.0 Å². The van der Waals surface area contributed by atoms with Crippen LogP contribution >= 0.6 is 11.6 Å². The number of non-ortho nitro benzene ring substituents is 1. The summed E-state index contributed by atoms with van der Waals surface area (Å²) in [7, 11) is -3.69. The summed E-state index contributed by atoms with van der Waals surface area (Å²) in [6.45, 7) is 2.21. The van der Waals surface area contributed by atoms with Crippen LogP contribution in [0.1, 0.15) is 30.0 Å². The number of hydrogen-bond acceptors (Lipinski definition) is 4. The molecule has 2 aromatic carbocycles. The fraction of sp³-hybridized carbons (Fsp3) is 0.333. The second kappa shape index (κ2) is 7.34. The van der Waals surface area contributed by atoms with Crippen molar-refractivity contribution >= 4 is 27.3 Å². The van der Waals surface area contributed by atoms with Crippen LogP contribution < -0.4 is 0 Å². The van der Waals surface area contributed by atoms with Crippen molar-refractivity contribution in [2.24, 2.45) is 0 Å². The van der Waals surface area contributed by atoms with Gasteiger partial charge in [-0.2, -0.15) is 4.31 Å². The molecule has 0 N–H and O–H groups in total. The Labute approximate surface area is 157 Å². The molecule has 1 heterocycles. The predicted molar refractivity (Wildman–Crippen MR) is 99.8 cm³/mol. The number of nitro groups is 1. The second-order valence-electron chi connectivity index (χ2n) is 6.41. The Hall–Kier alpha value is -1.96. The summed E-state index contributed by atoms with van der Waals surface area (Å²) in [6.07, 6.45) is 1.03. The van der Waals surface area contributed by atoms with Gasteiger partial charge < -0.3 is 0 Å². The summed E-state index contributed by atoms with van der Waals surface area (Å²) in [4.78, 5) is 10.6. The summed E-state index contributed by atoms with van der Waals surface area (Å²) in [5.74, 6) is 0. The van der Waals surface area contributed by atoms with E-state index in [1.807, 2.05) is 6.92 Å². The van der Waals surface area contributed by atoms with Crippen molar-refractivity contribution in [3.05, 3.63) is 69.8 Å². The Bertz CT molecular complexity index is 898. The van der Waals surface area contributed by atoms with E-state index in [2.05, 4.69) is 0 Å². The van der Waals surface area contributed by atoms with Gasteiger partial charge in [-0.25, -0.2) is 8.42 Å². The Morgan fingerprint density at radius 3 is 2.31 bits per heavy atom. The zero-order valence-corrected chi connectivity index (χ0v) is 15.8. The highest BCUT2D eigenvalue weighted by Crippen LogP contribution is 2.37. The van der Waals surface area contributed by atoms with E-state index in [4.69, 9.17) is 11.6 Å². The first-order chi connectivity index (χ1) is 12.3. The standard InChI is InChI=1S/C18H19ClN2O4S/c1-13-2-8-17(9-3-13)26(24,25)20-11-10-15(19)12-18(20)14-4-6-16(7-5-14)21(22)23/h2-9,15,18H,10-12H2,1H3/t15-,18-/m1/s1. The van der Waals surface area contributed by atoms with Crippen molar-refractivity contribution in [1.29, 1.82) is 0 Å². The van der Waals surface area contributed by atoms with Crippen molar-refractivity contribution in [2.75, 3.05) is 6.54 Å². The van der Waals surface area contributed by atoms with E-state index >= 15 is 0 Å². The molecule has 2 atom stereocenters. The smallest absolute Gasteiger partial charge is 0.258 e. The molecule has 0 amide bonds. The summed E-state index contributed by atoms with van der Waals surface area (Å²) >= 11 is 6.30.